The number of anilines is 2. The van der Waals surface area contributed by atoms with Crippen molar-refractivity contribution in [2.24, 2.45) is 10.7 Å². The fraction of sp³-hybridized carbons (Fsp3) is 0.353. The number of thioether (sulfide) groups is 3. The maximum absolute atomic E-state index is 13.5. The second-order valence-corrected chi connectivity index (χ2v) is 35.6. The van der Waals surface area contributed by atoms with Gasteiger partial charge in [-0.2, -0.15) is 24.1 Å². The minimum atomic E-state index is -3.75. The Hall–Kier alpha value is -3.24. The van der Waals surface area contributed by atoms with Crippen molar-refractivity contribution in [2.75, 3.05) is 96.0 Å². The van der Waals surface area contributed by atoms with E-state index < -0.39 is 20.0 Å². The van der Waals surface area contributed by atoms with Crippen molar-refractivity contribution in [3.05, 3.63) is 118 Å². The van der Waals surface area contributed by atoms with Gasteiger partial charge in [-0.3, -0.25) is 20.6 Å². The molecular weight excluding hydrogens is 1410 g/mol. The summed E-state index contributed by atoms with van der Waals surface area (Å²) in [5.74, 6) is 1.19. The molecule has 0 radical (unpaired) electrons. The van der Waals surface area contributed by atoms with Crippen molar-refractivity contribution in [3.63, 3.8) is 0 Å². The number of aromatic nitrogens is 2. The third kappa shape index (κ3) is 23.5. The number of aryl methyl sites for hydroxylation is 2. The second-order valence-electron chi connectivity index (χ2n) is 16.2. The molecule has 6 rings (SSSR count). The van der Waals surface area contributed by atoms with Gasteiger partial charge in [0.05, 0.1) is 35.0 Å². The molecule has 0 fully saturated rings. The topological polar surface area (TPSA) is 253 Å². The van der Waals surface area contributed by atoms with E-state index in [9.17, 15) is 16.8 Å². The summed E-state index contributed by atoms with van der Waals surface area (Å²) < 4.78 is 67.4. The maximum atomic E-state index is 13.5. The van der Waals surface area contributed by atoms with Crippen LogP contribution in [0.1, 0.15) is 24.2 Å². The third-order valence-corrected chi connectivity index (χ3v) is 17.9. The zero-order chi connectivity index (χ0) is 58.4. The molecule has 1 atom stereocenters. The van der Waals surface area contributed by atoms with Crippen LogP contribution in [0, 0.1) is 36.8 Å². The Bertz CT molecular complexity index is 3180. The molecule has 6 N–H and O–H groups in total. The number of nitriles is 2. The molecule has 2 aromatic heterocycles. The first-order valence-corrected chi connectivity index (χ1v) is 40.3. The number of fused-ring (bicyclic) bond motifs is 2. The monoisotopic (exact) mass is 1480 g/mol. The van der Waals surface area contributed by atoms with Crippen LogP contribution in [0.25, 0.3) is 21.8 Å². The normalized spacial score (nSPS) is 11.3. The van der Waals surface area contributed by atoms with Crippen molar-refractivity contribution in [2.45, 2.75) is 42.0 Å². The van der Waals surface area contributed by atoms with Crippen LogP contribution in [0.2, 0.25) is 10.0 Å². The van der Waals surface area contributed by atoms with Gasteiger partial charge in [-0.15, -0.1) is 35.3 Å². The summed E-state index contributed by atoms with van der Waals surface area (Å²) in [6, 6.07) is 27.7. The average Bonchev–Trinajstić information content (AvgIpc) is 3.47. The van der Waals surface area contributed by atoms with E-state index in [-0.39, 0.29) is 28.4 Å². The van der Waals surface area contributed by atoms with Crippen LogP contribution in [0.15, 0.2) is 112 Å². The summed E-state index contributed by atoms with van der Waals surface area (Å²) in [7, 11) is -3.71. The van der Waals surface area contributed by atoms with Crippen LogP contribution >= 0.6 is 98.4 Å². The molecule has 2 heterocycles. The summed E-state index contributed by atoms with van der Waals surface area (Å²) in [5, 5.41) is 32.4. The van der Waals surface area contributed by atoms with Gasteiger partial charge in [-0.1, -0.05) is 23.2 Å². The molecular formula is C51H64Cl2I2N12O6S5V. The minimum absolute atomic E-state index is 0.200. The van der Waals surface area contributed by atoms with Crippen LogP contribution in [0.3, 0.4) is 0 Å². The molecule has 0 aliphatic rings. The number of pyridine rings is 2. The van der Waals surface area contributed by atoms with Gasteiger partial charge in [0, 0.05) is 82.8 Å². The fourth-order valence-corrected chi connectivity index (χ4v) is 12.0. The molecule has 0 amide bonds. The van der Waals surface area contributed by atoms with Crippen molar-refractivity contribution in [3.8, 4) is 23.9 Å². The van der Waals surface area contributed by atoms with E-state index in [1.165, 1.54) is 51.0 Å². The fourth-order valence-electron chi connectivity index (χ4n) is 7.31. The quantitative estimate of drug-likeness (QED) is 0.00718. The Morgan fingerprint density at radius 3 is 1.49 bits per heavy atom. The van der Waals surface area contributed by atoms with Crippen LogP contribution in [-0.4, -0.2) is 131 Å². The van der Waals surface area contributed by atoms with E-state index in [1.807, 2.05) is 75.2 Å². The van der Waals surface area contributed by atoms with Crippen LogP contribution in [0.5, 0.6) is 11.5 Å². The number of hydrogen-bond acceptors (Lipinski definition) is 19. The predicted molar refractivity (Wildman–Crippen MR) is 344 cm³/mol. The summed E-state index contributed by atoms with van der Waals surface area (Å²) in [6.07, 6.45) is 10.4. The van der Waals surface area contributed by atoms with E-state index in [1.54, 1.807) is 74.0 Å². The molecule has 4 aromatic carbocycles. The molecule has 79 heavy (non-hydrogen) atoms. The van der Waals surface area contributed by atoms with Crippen molar-refractivity contribution >= 4 is 156 Å². The number of benzene rings is 4. The molecule has 0 aliphatic carbocycles. The van der Waals surface area contributed by atoms with Gasteiger partial charge in [-0.05, 0) is 156 Å². The summed E-state index contributed by atoms with van der Waals surface area (Å²) in [4.78, 5) is 13.0. The Balaban J connectivity index is 0.000000353. The van der Waals surface area contributed by atoms with Gasteiger partial charge in [-0.25, -0.2) is 16.8 Å². The molecule has 1 unspecified atom stereocenters. The van der Waals surface area contributed by atoms with Gasteiger partial charge < -0.3 is 25.8 Å². The standard InChI is InChI=1S/C25H31ClN6O3S2.C22H27ClN4O3S.C4H6N2S2.2HI.V/c1-18-15-24(22-16-19(26)5-10-23(22)31-18)28-12-14-32(13-4-11-29-25(36-3)30-17-27)37(33,34)21-8-6-20(35-2)7-9-21;1-16-14-22(20-15-17(23)4-9-21(20)26-16)25-11-13-27(12-3-10-24)31(28,29)19-7-5-18(30-2)6-8-19;1-7-4(8-2)6-3-5;;;/h5-10,15-16,25,29-30H,4,11-14H2,1-3H3,(H,28,31);4-9,14-15H,3,10-13,24H2,1-2H3,(H,25,26);1-2H3;2*1H;/q;;;;;+2/p-2. The van der Waals surface area contributed by atoms with Gasteiger partial charge in [0.1, 0.15) is 21.4 Å². The number of nitrogens with two attached hydrogens (primary N) is 1. The van der Waals surface area contributed by atoms with E-state index in [0.29, 0.717) is 83.1 Å². The van der Waals surface area contributed by atoms with E-state index >= 15 is 0 Å². The average molecular weight is 1480 g/mol. The Morgan fingerprint density at radius 2 is 1.14 bits per heavy atom. The third-order valence-electron chi connectivity index (χ3n) is 11.0. The number of sulfonamides is 2. The van der Waals surface area contributed by atoms with Crippen LogP contribution in [-0.2, 0) is 29.5 Å². The number of aliphatic imine (C=N–C) groups is 1. The number of halogens is 4. The van der Waals surface area contributed by atoms with Crippen molar-refractivity contribution in [1.29, 1.82) is 10.5 Å². The molecule has 0 spiro atoms. The number of methoxy groups -OCH3 is 2. The number of rotatable bonds is 24. The molecule has 0 bridgehead atoms. The zero-order valence-electron chi connectivity index (χ0n) is 44.5. The van der Waals surface area contributed by atoms with Crippen LogP contribution < -0.4 is 36.5 Å². The molecule has 6 aromatic rings. The first-order valence-electron chi connectivity index (χ1n) is 23.9. The number of hydrogen-bond donors (Lipinski definition) is 5. The second kappa shape index (κ2) is 37.8. The summed E-state index contributed by atoms with van der Waals surface area (Å²) in [6.45, 7) is 6.77. The Kier molecular flexibility index (Phi) is 33.5. The Labute approximate surface area is 517 Å². The molecule has 18 nitrogen and oxygen atoms in total. The molecule has 427 valence electrons. The van der Waals surface area contributed by atoms with Gasteiger partial charge in [0.2, 0.25) is 26.2 Å². The first-order chi connectivity index (χ1) is 37.9. The SMILES string of the molecule is COc1ccc(S(=O)(=O)N(CCCN)CCNc2cc(C)nc3ccc(Cl)cc23)cc1.COc1ccc(S(=O)(=O)N(CCCNC(NC#N)SC)CCNc2cc(C)nc3ccc(Cl)cc23)cc1.CSC(=NC#N)SC.[I][V][I]. The van der Waals surface area contributed by atoms with Crippen LogP contribution in [0.4, 0.5) is 11.4 Å². The van der Waals surface area contributed by atoms with E-state index in [2.05, 4.69) is 76.2 Å². The number of nitrogens with zero attached hydrogens (tertiary/aromatic N) is 7. The van der Waals surface area contributed by atoms with Gasteiger partial charge >= 0.3 is 49.4 Å². The van der Waals surface area contributed by atoms with E-state index in [0.717, 1.165) is 48.9 Å². The number of nitrogens with one attached hydrogen (secondary N) is 4. The summed E-state index contributed by atoms with van der Waals surface area (Å²) in [5.41, 5.74) is 10.5. The molecule has 0 aliphatic heterocycles. The predicted octanol–water partition coefficient (Wildman–Crippen LogP) is 11.0. The van der Waals surface area contributed by atoms with Gasteiger partial charge in [0.15, 0.2) is 6.19 Å². The zero-order valence-corrected chi connectivity index (χ0v) is 55.8. The van der Waals surface area contributed by atoms with Crippen molar-refractivity contribution < 1.29 is 35.8 Å². The summed E-state index contributed by atoms with van der Waals surface area (Å²) >= 11 is 21.5. The molecule has 28 heteroatoms. The number of ether oxygens (including phenoxy) is 2. The Morgan fingerprint density at radius 1 is 0.709 bits per heavy atom. The molecule has 0 saturated carbocycles. The van der Waals surface area contributed by atoms with Gasteiger partial charge in [0.25, 0.3) is 0 Å². The van der Waals surface area contributed by atoms with Crippen molar-refractivity contribution in [1.82, 2.24) is 29.2 Å². The first kappa shape index (κ1) is 70.0. The van der Waals surface area contributed by atoms with E-state index in [4.69, 9.17) is 48.9 Å². The molecule has 0 saturated heterocycles.